The Morgan fingerprint density at radius 1 is 1.00 bits per heavy atom. The molecule has 8 nitrogen and oxygen atoms in total. The van der Waals surface area contributed by atoms with E-state index in [-0.39, 0.29) is 16.2 Å². The highest BCUT2D eigenvalue weighted by molar-refractivity contribution is 7.90. The highest BCUT2D eigenvalue weighted by Gasteiger charge is 2.53. The Balaban J connectivity index is 1.63. The van der Waals surface area contributed by atoms with Crippen LogP contribution in [0.5, 0.6) is 11.5 Å². The third kappa shape index (κ3) is 3.31. The topological polar surface area (TPSA) is 106 Å². The van der Waals surface area contributed by atoms with Crippen LogP contribution in [-0.2, 0) is 15.6 Å². The van der Waals surface area contributed by atoms with Gasteiger partial charge in [-0.05, 0) is 87.5 Å². The largest absolute Gasteiger partial charge is 0.495 e. The van der Waals surface area contributed by atoms with Crippen molar-refractivity contribution in [2.24, 2.45) is 17.8 Å². The normalized spacial score (nSPS) is 27.4. The Hall–Kier alpha value is -2.94. The minimum absolute atomic E-state index is 0.0882. The van der Waals surface area contributed by atoms with Gasteiger partial charge in [0.15, 0.2) is 0 Å². The van der Waals surface area contributed by atoms with Gasteiger partial charge in [0, 0.05) is 17.8 Å². The van der Waals surface area contributed by atoms with Gasteiger partial charge < -0.3 is 15.2 Å². The van der Waals surface area contributed by atoms with Crippen molar-refractivity contribution in [2.45, 2.75) is 55.9 Å². The minimum Gasteiger partial charge on any atom is -0.495 e. The molecule has 35 heavy (non-hydrogen) atoms. The Morgan fingerprint density at radius 2 is 1.66 bits per heavy atom. The molecule has 0 unspecified atom stereocenters. The molecule has 0 radical (unpaired) electrons. The molecule has 186 valence electrons. The summed E-state index contributed by atoms with van der Waals surface area (Å²) in [5.41, 5.74) is 6.33. The Morgan fingerprint density at radius 3 is 2.26 bits per heavy atom. The molecular formula is C26H31N3O5S. The van der Waals surface area contributed by atoms with Gasteiger partial charge in [-0.1, -0.05) is 0 Å². The predicted molar refractivity (Wildman–Crippen MR) is 134 cm³/mol. The van der Waals surface area contributed by atoms with Gasteiger partial charge in [0.25, 0.3) is 10.0 Å². The summed E-state index contributed by atoms with van der Waals surface area (Å²) in [6.45, 7) is 2.38. The van der Waals surface area contributed by atoms with Crippen molar-refractivity contribution in [1.82, 2.24) is 8.54 Å². The zero-order valence-electron chi connectivity index (χ0n) is 20.1. The van der Waals surface area contributed by atoms with Gasteiger partial charge in [0.1, 0.15) is 16.4 Å². The SMILES string of the molecule is CCOc1ccc2c(c1)n(C13CC4CC(CC(C4)C1)C3)c(=O)n2S(=O)(=O)c1ccc(N)cc1OC. The fourth-order valence-electron chi connectivity index (χ4n) is 7.43. The van der Waals surface area contributed by atoms with Crippen LogP contribution >= 0.6 is 0 Å². The molecule has 2 N–H and O–H groups in total. The van der Waals surface area contributed by atoms with Crippen molar-refractivity contribution in [3.63, 3.8) is 0 Å². The second kappa shape index (κ2) is 7.78. The van der Waals surface area contributed by atoms with Crippen molar-refractivity contribution < 1.29 is 17.9 Å². The molecule has 0 atom stereocenters. The van der Waals surface area contributed by atoms with Crippen molar-refractivity contribution in [2.75, 3.05) is 19.5 Å². The monoisotopic (exact) mass is 497 g/mol. The summed E-state index contributed by atoms with van der Waals surface area (Å²) in [6, 6.07) is 9.60. The second-order valence-electron chi connectivity index (χ2n) is 10.5. The number of hydrogen-bond acceptors (Lipinski definition) is 6. The number of nitrogens with zero attached hydrogens (tertiary/aromatic N) is 2. The molecule has 4 fully saturated rings. The van der Waals surface area contributed by atoms with Gasteiger partial charge in [0.2, 0.25) is 0 Å². The van der Waals surface area contributed by atoms with Crippen LogP contribution in [0.1, 0.15) is 45.4 Å². The molecular weight excluding hydrogens is 466 g/mol. The number of aromatic nitrogens is 2. The summed E-state index contributed by atoms with van der Waals surface area (Å²) in [7, 11) is -2.88. The van der Waals surface area contributed by atoms with Crippen LogP contribution in [0.3, 0.4) is 0 Å². The van der Waals surface area contributed by atoms with Crippen LogP contribution in [0.2, 0.25) is 0 Å². The second-order valence-corrected chi connectivity index (χ2v) is 12.3. The van der Waals surface area contributed by atoms with E-state index in [1.165, 1.54) is 44.6 Å². The highest BCUT2D eigenvalue weighted by Crippen LogP contribution is 2.59. The fourth-order valence-corrected chi connectivity index (χ4v) is 8.97. The summed E-state index contributed by atoms with van der Waals surface area (Å²) in [6.07, 6.45) is 6.42. The zero-order chi connectivity index (χ0) is 24.5. The lowest BCUT2D eigenvalue weighted by molar-refractivity contribution is -0.0426. The maximum absolute atomic E-state index is 14.2. The first-order valence-corrected chi connectivity index (χ1v) is 13.8. The minimum atomic E-state index is -4.27. The number of nitrogen functional groups attached to an aromatic ring is 1. The van der Waals surface area contributed by atoms with Gasteiger partial charge in [-0.3, -0.25) is 4.57 Å². The lowest BCUT2D eigenvalue weighted by atomic mass is 9.53. The maximum Gasteiger partial charge on any atom is 0.343 e. The van der Waals surface area contributed by atoms with Gasteiger partial charge in [-0.2, -0.15) is 3.97 Å². The van der Waals surface area contributed by atoms with E-state index in [0.29, 0.717) is 46.8 Å². The van der Waals surface area contributed by atoms with Gasteiger partial charge in [0.05, 0.1) is 30.3 Å². The van der Waals surface area contributed by atoms with Crippen LogP contribution < -0.4 is 20.9 Å². The summed E-state index contributed by atoms with van der Waals surface area (Å²) < 4.78 is 41.9. The third-order valence-electron chi connectivity index (χ3n) is 8.27. The predicted octanol–water partition coefficient (Wildman–Crippen LogP) is 3.95. The number of hydrogen-bond donors (Lipinski definition) is 1. The van der Waals surface area contributed by atoms with E-state index in [1.807, 2.05) is 13.0 Å². The molecule has 4 bridgehead atoms. The van der Waals surface area contributed by atoms with Crippen molar-refractivity contribution >= 4 is 26.7 Å². The number of imidazole rings is 1. The van der Waals surface area contributed by atoms with Gasteiger partial charge in [-0.25, -0.2) is 13.2 Å². The molecule has 4 saturated carbocycles. The molecule has 0 saturated heterocycles. The van der Waals surface area contributed by atoms with Crippen molar-refractivity contribution in [1.29, 1.82) is 0 Å². The summed E-state index contributed by atoms with van der Waals surface area (Å²) in [5.74, 6) is 2.51. The summed E-state index contributed by atoms with van der Waals surface area (Å²) >= 11 is 0. The molecule has 9 heteroatoms. The van der Waals surface area contributed by atoms with E-state index in [4.69, 9.17) is 15.2 Å². The molecule has 1 aromatic heterocycles. The Labute approximate surface area is 204 Å². The maximum atomic E-state index is 14.2. The fraction of sp³-hybridized carbons (Fsp3) is 0.500. The van der Waals surface area contributed by atoms with Gasteiger partial charge >= 0.3 is 5.69 Å². The Bertz CT molecular complexity index is 1450. The Kier molecular flexibility index (Phi) is 5.01. The van der Waals surface area contributed by atoms with Crippen LogP contribution in [-0.4, -0.2) is 30.7 Å². The molecule has 2 aromatic carbocycles. The number of nitrogens with two attached hydrogens (primary N) is 1. The molecule has 7 rings (SSSR count). The van der Waals surface area contributed by atoms with E-state index in [0.717, 1.165) is 23.2 Å². The third-order valence-corrected chi connectivity index (χ3v) is 10.00. The van der Waals surface area contributed by atoms with E-state index >= 15 is 0 Å². The number of rotatable bonds is 6. The van der Waals surface area contributed by atoms with Gasteiger partial charge in [-0.15, -0.1) is 0 Å². The van der Waals surface area contributed by atoms with E-state index in [2.05, 4.69) is 0 Å². The van der Waals surface area contributed by atoms with Crippen molar-refractivity contribution in [3.05, 3.63) is 46.9 Å². The molecule has 3 aromatic rings. The molecule has 0 spiro atoms. The summed E-state index contributed by atoms with van der Waals surface area (Å²) in [4.78, 5) is 14.1. The van der Waals surface area contributed by atoms with E-state index < -0.39 is 15.7 Å². The first-order valence-electron chi connectivity index (χ1n) is 12.4. The standard InChI is InChI=1S/C26H31N3O5S/c1-3-34-20-5-6-21-22(12-20)28(26-13-16-8-17(14-26)10-18(9-16)15-26)25(30)29(21)35(31,32)24-7-4-19(27)11-23(24)33-2/h4-7,11-12,16-18H,3,8-10,13-15,27H2,1-2H3. The first-order chi connectivity index (χ1) is 16.8. The highest BCUT2D eigenvalue weighted by atomic mass is 32.2. The number of methoxy groups -OCH3 is 1. The lowest BCUT2D eigenvalue weighted by Gasteiger charge is -2.57. The first kappa shape index (κ1) is 22.5. The molecule has 0 amide bonds. The summed E-state index contributed by atoms with van der Waals surface area (Å²) in [5, 5.41) is 0. The average Bonchev–Trinajstić information content (AvgIpc) is 3.10. The molecule has 0 aliphatic heterocycles. The number of fused-ring (bicyclic) bond motifs is 1. The number of anilines is 1. The number of ether oxygens (including phenoxy) is 2. The molecule has 4 aliphatic rings. The quantitative estimate of drug-likeness (QED) is 0.517. The average molecular weight is 498 g/mol. The smallest absolute Gasteiger partial charge is 0.343 e. The number of benzene rings is 2. The van der Waals surface area contributed by atoms with Crippen LogP contribution in [0, 0.1) is 17.8 Å². The van der Waals surface area contributed by atoms with Crippen molar-refractivity contribution in [3.8, 4) is 11.5 Å². The van der Waals surface area contributed by atoms with E-state index in [9.17, 15) is 13.2 Å². The van der Waals surface area contributed by atoms with E-state index in [1.54, 1.807) is 16.7 Å². The van der Waals surface area contributed by atoms with Crippen LogP contribution in [0.4, 0.5) is 5.69 Å². The zero-order valence-corrected chi connectivity index (χ0v) is 20.9. The lowest BCUT2D eigenvalue weighted by Crippen LogP contribution is -2.54. The molecule has 4 aliphatic carbocycles. The van der Waals surface area contributed by atoms with Crippen LogP contribution in [0.25, 0.3) is 11.0 Å². The van der Waals surface area contributed by atoms with Crippen LogP contribution in [0.15, 0.2) is 46.1 Å². The molecule has 1 heterocycles.